The molecule has 2 aromatic carbocycles. The van der Waals surface area contributed by atoms with Crippen molar-refractivity contribution in [2.45, 2.75) is 13.8 Å². The molecule has 0 saturated heterocycles. The molecule has 3 rings (SSSR count). The third-order valence-corrected chi connectivity index (χ3v) is 4.52. The molecule has 0 heterocycles. The summed E-state index contributed by atoms with van der Waals surface area (Å²) in [6, 6.07) is 9.44. The summed E-state index contributed by atoms with van der Waals surface area (Å²) < 4.78 is 5.40. The van der Waals surface area contributed by atoms with E-state index in [9.17, 15) is 14.4 Å². The van der Waals surface area contributed by atoms with Gasteiger partial charge in [0.1, 0.15) is 5.75 Å². The first-order valence-corrected chi connectivity index (χ1v) is 8.35. The minimum absolute atomic E-state index is 0.0386. The Morgan fingerprint density at radius 1 is 0.960 bits per heavy atom. The van der Waals surface area contributed by atoms with Gasteiger partial charge in [-0.1, -0.05) is 35.9 Å². The summed E-state index contributed by atoms with van der Waals surface area (Å²) in [7, 11) is 0. The number of ether oxygens (including phenoxy) is 1. The van der Waals surface area contributed by atoms with Crippen LogP contribution in [0.1, 0.15) is 45.7 Å². The van der Waals surface area contributed by atoms with E-state index in [0.29, 0.717) is 18.7 Å². The number of halogens is 1. The summed E-state index contributed by atoms with van der Waals surface area (Å²) in [4.78, 5) is 39.4. The van der Waals surface area contributed by atoms with Gasteiger partial charge in [0, 0.05) is 24.2 Å². The predicted octanol–water partition coefficient (Wildman–Crippen LogP) is 3.96. The van der Waals surface area contributed by atoms with Crippen LogP contribution in [0.15, 0.2) is 36.4 Å². The number of nitrogens with zero attached hydrogens (tertiary/aromatic N) is 1. The Hall–Kier alpha value is -2.66. The lowest BCUT2D eigenvalue weighted by atomic mass is 9.83. The van der Waals surface area contributed by atoms with E-state index in [0.717, 1.165) is 0 Å². The molecule has 0 saturated carbocycles. The van der Waals surface area contributed by atoms with E-state index >= 15 is 0 Å². The average Bonchev–Trinajstić information content (AvgIpc) is 2.62. The van der Waals surface area contributed by atoms with Gasteiger partial charge in [-0.2, -0.15) is 0 Å². The van der Waals surface area contributed by atoms with E-state index in [4.69, 9.17) is 16.3 Å². The lowest BCUT2D eigenvalue weighted by Gasteiger charge is -2.23. The Morgan fingerprint density at radius 3 is 2.08 bits per heavy atom. The van der Waals surface area contributed by atoms with Crippen molar-refractivity contribution >= 4 is 29.3 Å². The van der Waals surface area contributed by atoms with Gasteiger partial charge in [-0.15, -0.1) is 0 Å². The van der Waals surface area contributed by atoms with Crippen LogP contribution in [0.2, 0.25) is 5.02 Å². The van der Waals surface area contributed by atoms with Crippen LogP contribution >= 0.6 is 11.6 Å². The highest BCUT2D eigenvalue weighted by atomic mass is 35.5. The molecule has 1 amide bonds. The minimum atomic E-state index is -0.575. The number of amides is 1. The van der Waals surface area contributed by atoms with E-state index in [1.165, 1.54) is 17.0 Å². The lowest BCUT2D eigenvalue weighted by Crippen LogP contribution is -2.34. The van der Waals surface area contributed by atoms with Gasteiger partial charge in [0.25, 0.3) is 0 Å². The summed E-state index contributed by atoms with van der Waals surface area (Å²) in [6.45, 7) is 4.60. The first-order valence-electron chi connectivity index (χ1n) is 7.97. The Balaban J connectivity index is 2.12. The van der Waals surface area contributed by atoms with Gasteiger partial charge in [0.2, 0.25) is 0 Å². The Morgan fingerprint density at radius 2 is 1.52 bits per heavy atom. The highest BCUT2D eigenvalue weighted by molar-refractivity contribution is 6.39. The van der Waals surface area contributed by atoms with Gasteiger partial charge >= 0.3 is 6.09 Å². The van der Waals surface area contributed by atoms with E-state index < -0.39 is 6.09 Å². The number of hydrogen-bond donors (Lipinski definition) is 0. The number of rotatable bonds is 3. The molecule has 0 spiro atoms. The fraction of sp³-hybridized carbons (Fsp3) is 0.211. The van der Waals surface area contributed by atoms with Gasteiger partial charge < -0.3 is 9.64 Å². The largest absolute Gasteiger partial charge is 0.415 e. The van der Waals surface area contributed by atoms with Crippen LogP contribution in [-0.2, 0) is 0 Å². The smallest absolute Gasteiger partial charge is 0.409 e. The molecular formula is C19H16ClNO4. The van der Waals surface area contributed by atoms with E-state index in [2.05, 4.69) is 0 Å². The van der Waals surface area contributed by atoms with Gasteiger partial charge in [-0.05, 0) is 26.0 Å². The summed E-state index contributed by atoms with van der Waals surface area (Å²) in [5, 5.41) is 0.158. The monoisotopic (exact) mass is 357 g/mol. The maximum Gasteiger partial charge on any atom is 0.415 e. The molecule has 0 fully saturated rings. The Bertz CT molecular complexity index is 887. The molecule has 0 unspecified atom stereocenters. The van der Waals surface area contributed by atoms with Crippen molar-refractivity contribution in [1.29, 1.82) is 0 Å². The maximum atomic E-state index is 12.9. The van der Waals surface area contributed by atoms with Crippen LogP contribution in [0.3, 0.4) is 0 Å². The van der Waals surface area contributed by atoms with Crippen molar-refractivity contribution < 1.29 is 19.1 Å². The molecule has 0 atom stereocenters. The van der Waals surface area contributed by atoms with E-state index in [1.807, 2.05) is 13.8 Å². The number of hydrogen-bond acceptors (Lipinski definition) is 4. The molecule has 25 heavy (non-hydrogen) atoms. The van der Waals surface area contributed by atoms with Crippen LogP contribution in [0.5, 0.6) is 5.75 Å². The molecule has 0 bridgehead atoms. The molecule has 6 heteroatoms. The van der Waals surface area contributed by atoms with Gasteiger partial charge in [-0.3, -0.25) is 9.59 Å². The number of fused-ring (bicyclic) bond motifs is 2. The van der Waals surface area contributed by atoms with Crippen LogP contribution in [-0.4, -0.2) is 35.6 Å². The van der Waals surface area contributed by atoms with Crippen LogP contribution < -0.4 is 4.74 Å². The third-order valence-electron chi connectivity index (χ3n) is 4.21. The molecular weight excluding hydrogens is 342 g/mol. The lowest BCUT2D eigenvalue weighted by molar-refractivity contribution is 0.0975. The van der Waals surface area contributed by atoms with E-state index in [1.54, 1.807) is 24.3 Å². The first kappa shape index (κ1) is 17.2. The molecule has 5 nitrogen and oxygen atoms in total. The fourth-order valence-corrected chi connectivity index (χ4v) is 3.12. The SMILES string of the molecule is CCN(CC)C(=O)Oc1ccc(Cl)c2c1C(=O)c1ccccc1C2=O. The minimum Gasteiger partial charge on any atom is -0.409 e. The van der Waals surface area contributed by atoms with Crippen molar-refractivity contribution in [2.75, 3.05) is 13.1 Å². The third kappa shape index (κ3) is 2.81. The molecule has 2 aromatic rings. The molecule has 1 aliphatic carbocycles. The first-order chi connectivity index (χ1) is 12.0. The second-order valence-corrected chi connectivity index (χ2v) is 5.95. The maximum absolute atomic E-state index is 12.9. The second kappa shape index (κ2) is 6.69. The topological polar surface area (TPSA) is 63.7 Å². The number of carbonyl (C=O) groups excluding carboxylic acids is 3. The molecule has 0 aliphatic heterocycles. The van der Waals surface area contributed by atoms with Crippen LogP contribution in [0, 0.1) is 0 Å². The van der Waals surface area contributed by atoms with Crippen molar-refractivity contribution in [1.82, 2.24) is 4.90 Å². The summed E-state index contributed by atoms with van der Waals surface area (Å²) in [6.07, 6.45) is -0.575. The summed E-state index contributed by atoms with van der Waals surface area (Å²) in [5.74, 6) is -0.685. The Labute approximate surface area is 150 Å². The van der Waals surface area contributed by atoms with Gasteiger partial charge in [0.15, 0.2) is 11.6 Å². The molecule has 128 valence electrons. The molecule has 0 radical (unpaired) electrons. The number of ketones is 2. The van der Waals surface area contributed by atoms with Crippen molar-refractivity contribution in [2.24, 2.45) is 0 Å². The predicted molar refractivity (Wildman–Crippen MR) is 93.7 cm³/mol. The van der Waals surface area contributed by atoms with Gasteiger partial charge in [-0.25, -0.2) is 4.79 Å². The molecule has 0 N–H and O–H groups in total. The summed E-state index contributed by atoms with van der Waals surface area (Å²) in [5.41, 5.74) is 0.698. The van der Waals surface area contributed by atoms with Gasteiger partial charge in [0.05, 0.1) is 16.1 Å². The van der Waals surface area contributed by atoms with Crippen molar-refractivity contribution in [3.05, 3.63) is 63.7 Å². The summed E-state index contributed by atoms with van der Waals surface area (Å²) >= 11 is 6.17. The highest BCUT2D eigenvalue weighted by Crippen LogP contribution is 2.37. The highest BCUT2D eigenvalue weighted by Gasteiger charge is 2.34. The molecule has 1 aliphatic rings. The van der Waals surface area contributed by atoms with Crippen molar-refractivity contribution in [3.63, 3.8) is 0 Å². The number of benzene rings is 2. The quantitative estimate of drug-likeness (QED) is 0.711. The van der Waals surface area contributed by atoms with Crippen LogP contribution in [0.4, 0.5) is 4.79 Å². The average molecular weight is 358 g/mol. The van der Waals surface area contributed by atoms with Crippen molar-refractivity contribution in [3.8, 4) is 5.75 Å². The second-order valence-electron chi connectivity index (χ2n) is 5.54. The zero-order valence-corrected chi connectivity index (χ0v) is 14.6. The van der Waals surface area contributed by atoms with E-state index in [-0.39, 0.29) is 39.0 Å². The molecule has 0 aromatic heterocycles. The Kier molecular flexibility index (Phi) is 4.59. The standard InChI is InChI=1S/C19H16ClNO4/c1-3-21(4-2)19(24)25-14-10-9-13(20)15-16(14)18(23)12-8-6-5-7-11(12)17(15)22/h5-10H,3-4H2,1-2H3. The zero-order valence-electron chi connectivity index (χ0n) is 13.8. The number of carbonyl (C=O) groups is 3. The van der Waals surface area contributed by atoms with Crippen LogP contribution in [0.25, 0.3) is 0 Å². The fourth-order valence-electron chi connectivity index (χ4n) is 2.88. The normalized spacial score (nSPS) is 12.4. The zero-order chi connectivity index (χ0) is 18.1.